The number of aryl methyl sites for hydroxylation is 1. The summed E-state index contributed by atoms with van der Waals surface area (Å²) >= 11 is 0. The zero-order chi connectivity index (χ0) is 13.7. The minimum atomic E-state index is -0.866. The van der Waals surface area contributed by atoms with Crippen molar-refractivity contribution >= 4 is 18.3 Å². The first-order valence-corrected chi connectivity index (χ1v) is 6.60. The highest BCUT2D eigenvalue weighted by atomic mass is 35.5. The number of piperidine rings is 1. The number of amides is 1. The molecule has 1 fully saturated rings. The van der Waals surface area contributed by atoms with Crippen LogP contribution in [0.5, 0.6) is 0 Å². The Kier molecular flexibility index (Phi) is 6.88. The Balaban J connectivity index is 0.00000200. The van der Waals surface area contributed by atoms with Gasteiger partial charge in [0, 0.05) is 19.0 Å². The van der Waals surface area contributed by atoms with Crippen molar-refractivity contribution in [1.29, 1.82) is 0 Å². The lowest BCUT2D eigenvalue weighted by Gasteiger charge is -2.23. The highest BCUT2D eigenvalue weighted by molar-refractivity contribution is 5.85. The first-order valence-electron chi connectivity index (χ1n) is 6.60. The van der Waals surface area contributed by atoms with Crippen LogP contribution < -0.4 is 10.6 Å². The van der Waals surface area contributed by atoms with Crippen molar-refractivity contribution in [1.82, 2.24) is 10.6 Å². The molecule has 1 atom stereocenters. The summed E-state index contributed by atoms with van der Waals surface area (Å²) in [5.74, 6) is -1.83. The number of nitrogens with one attached hydrogen (secondary N) is 2. The molecule has 2 rings (SSSR count). The van der Waals surface area contributed by atoms with E-state index < -0.39 is 11.6 Å². The Morgan fingerprint density at radius 3 is 2.90 bits per heavy atom. The fourth-order valence-electron chi connectivity index (χ4n) is 2.26. The van der Waals surface area contributed by atoms with Gasteiger partial charge in [0.15, 0.2) is 11.6 Å². The van der Waals surface area contributed by atoms with E-state index in [0.717, 1.165) is 32.0 Å². The Morgan fingerprint density at radius 1 is 1.40 bits per heavy atom. The number of carbonyl (C=O) groups is 1. The van der Waals surface area contributed by atoms with E-state index in [2.05, 4.69) is 10.6 Å². The van der Waals surface area contributed by atoms with Crippen molar-refractivity contribution < 1.29 is 13.6 Å². The van der Waals surface area contributed by atoms with Gasteiger partial charge in [-0.1, -0.05) is 12.1 Å². The average Bonchev–Trinajstić information content (AvgIpc) is 2.42. The van der Waals surface area contributed by atoms with Crippen molar-refractivity contribution in [2.75, 3.05) is 13.1 Å². The Hall–Kier alpha value is -1.20. The molecule has 1 amide bonds. The molecule has 2 N–H and O–H groups in total. The van der Waals surface area contributed by atoms with Gasteiger partial charge in [-0.2, -0.15) is 0 Å². The Bertz CT molecular complexity index is 451. The van der Waals surface area contributed by atoms with Gasteiger partial charge >= 0.3 is 0 Å². The number of carbonyl (C=O) groups excluding carboxylic acids is 1. The standard InChI is InChI=1S/C14H18F2N2O.ClH/c15-12-5-1-3-10(14(12)16)6-7-13(19)18-11-4-2-8-17-9-11;/h1,3,5,11,17H,2,4,6-9H2,(H,18,19);1H. The first-order chi connectivity index (χ1) is 9.16. The monoisotopic (exact) mass is 304 g/mol. The molecule has 1 unspecified atom stereocenters. The SMILES string of the molecule is Cl.O=C(CCc1cccc(F)c1F)NC1CCCNC1. The molecule has 0 saturated carbocycles. The third-order valence-electron chi connectivity index (χ3n) is 3.31. The van der Waals surface area contributed by atoms with Crippen molar-refractivity contribution in [3.05, 3.63) is 35.4 Å². The molecular formula is C14H19ClF2N2O. The minimum absolute atomic E-state index is 0. The second-order valence-corrected chi connectivity index (χ2v) is 4.82. The van der Waals surface area contributed by atoms with Crippen molar-refractivity contribution in [2.45, 2.75) is 31.7 Å². The second-order valence-electron chi connectivity index (χ2n) is 4.82. The largest absolute Gasteiger partial charge is 0.352 e. The van der Waals surface area contributed by atoms with Crippen LogP contribution in [0.15, 0.2) is 18.2 Å². The van der Waals surface area contributed by atoms with Gasteiger partial charge in [0.25, 0.3) is 0 Å². The number of hydrogen-bond acceptors (Lipinski definition) is 2. The van der Waals surface area contributed by atoms with E-state index in [1.54, 1.807) is 0 Å². The van der Waals surface area contributed by atoms with Gasteiger partial charge in [-0.25, -0.2) is 8.78 Å². The van der Waals surface area contributed by atoms with Crippen LogP contribution in [0, 0.1) is 11.6 Å². The second kappa shape index (κ2) is 8.17. The minimum Gasteiger partial charge on any atom is -0.352 e. The van der Waals surface area contributed by atoms with Crippen LogP contribution in [-0.4, -0.2) is 25.0 Å². The molecule has 1 aromatic carbocycles. The van der Waals surface area contributed by atoms with E-state index in [-0.39, 0.29) is 42.8 Å². The summed E-state index contributed by atoms with van der Waals surface area (Å²) < 4.78 is 26.4. The van der Waals surface area contributed by atoms with Crippen LogP contribution in [0.2, 0.25) is 0 Å². The zero-order valence-corrected chi connectivity index (χ0v) is 11.9. The molecule has 112 valence electrons. The number of rotatable bonds is 4. The van der Waals surface area contributed by atoms with Gasteiger partial charge in [-0.3, -0.25) is 4.79 Å². The first kappa shape index (κ1) is 16.9. The van der Waals surface area contributed by atoms with E-state index >= 15 is 0 Å². The van der Waals surface area contributed by atoms with Gasteiger partial charge in [0.05, 0.1) is 0 Å². The van der Waals surface area contributed by atoms with Crippen molar-refractivity contribution in [3.8, 4) is 0 Å². The summed E-state index contributed by atoms with van der Waals surface area (Å²) in [6.07, 6.45) is 2.41. The summed E-state index contributed by atoms with van der Waals surface area (Å²) in [7, 11) is 0. The van der Waals surface area contributed by atoms with Gasteiger partial charge < -0.3 is 10.6 Å². The number of hydrogen-bond donors (Lipinski definition) is 2. The van der Waals surface area contributed by atoms with E-state index in [1.165, 1.54) is 12.1 Å². The summed E-state index contributed by atoms with van der Waals surface area (Å²) in [4.78, 5) is 11.7. The normalized spacial score (nSPS) is 18.2. The molecular weight excluding hydrogens is 286 g/mol. The lowest BCUT2D eigenvalue weighted by atomic mass is 10.1. The summed E-state index contributed by atoms with van der Waals surface area (Å²) in [5.41, 5.74) is 0.247. The van der Waals surface area contributed by atoms with E-state index in [0.29, 0.717) is 0 Å². The molecule has 3 nitrogen and oxygen atoms in total. The number of benzene rings is 1. The molecule has 0 aliphatic carbocycles. The van der Waals surface area contributed by atoms with Crippen LogP contribution in [0.1, 0.15) is 24.8 Å². The van der Waals surface area contributed by atoms with Crippen molar-refractivity contribution in [2.24, 2.45) is 0 Å². The van der Waals surface area contributed by atoms with Crippen LogP contribution in [0.25, 0.3) is 0 Å². The van der Waals surface area contributed by atoms with Crippen LogP contribution in [0.4, 0.5) is 8.78 Å². The lowest BCUT2D eigenvalue weighted by Crippen LogP contribution is -2.45. The van der Waals surface area contributed by atoms with Crippen LogP contribution >= 0.6 is 12.4 Å². The molecule has 20 heavy (non-hydrogen) atoms. The smallest absolute Gasteiger partial charge is 0.220 e. The summed E-state index contributed by atoms with van der Waals surface area (Å²) in [6, 6.07) is 4.19. The van der Waals surface area contributed by atoms with Crippen LogP contribution in [-0.2, 0) is 11.2 Å². The predicted octanol–water partition coefficient (Wildman–Crippen LogP) is 2.19. The summed E-state index contributed by atoms with van der Waals surface area (Å²) in [6.45, 7) is 1.76. The third-order valence-corrected chi connectivity index (χ3v) is 3.31. The molecule has 0 radical (unpaired) electrons. The highest BCUT2D eigenvalue weighted by Gasteiger charge is 2.16. The molecule has 0 bridgehead atoms. The maximum absolute atomic E-state index is 13.4. The molecule has 1 saturated heterocycles. The summed E-state index contributed by atoms with van der Waals surface area (Å²) in [5, 5.41) is 6.11. The molecule has 0 aromatic heterocycles. The molecule has 0 spiro atoms. The van der Waals surface area contributed by atoms with Crippen LogP contribution in [0.3, 0.4) is 0 Å². The third kappa shape index (κ3) is 4.72. The molecule has 6 heteroatoms. The molecule has 1 heterocycles. The maximum Gasteiger partial charge on any atom is 0.220 e. The fraction of sp³-hybridized carbons (Fsp3) is 0.500. The zero-order valence-electron chi connectivity index (χ0n) is 11.1. The lowest BCUT2D eigenvalue weighted by molar-refractivity contribution is -0.121. The number of halogens is 3. The average molecular weight is 305 g/mol. The molecule has 1 aliphatic rings. The quantitative estimate of drug-likeness (QED) is 0.895. The molecule has 1 aliphatic heterocycles. The molecule has 1 aromatic rings. The predicted molar refractivity (Wildman–Crippen MR) is 76.0 cm³/mol. The Morgan fingerprint density at radius 2 is 2.20 bits per heavy atom. The topological polar surface area (TPSA) is 41.1 Å². The van der Waals surface area contributed by atoms with Gasteiger partial charge in [-0.05, 0) is 37.4 Å². The van der Waals surface area contributed by atoms with Gasteiger partial charge in [-0.15, -0.1) is 12.4 Å². The van der Waals surface area contributed by atoms with E-state index in [4.69, 9.17) is 0 Å². The fourth-order valence-corrected chi connectivity index (χ4v) is 2.26. The maximum atomic E-state index is 13.4. The Labute approximate surface area is 123 Å². The van der Waals surface area contributed by atoms with E-state index in [1.807, 2.05) is 0 Å². The van der Waals surface area contributed by atoms with Crippen molar-refractivity contribution in [3.63, 3.8) is 0 Å². The highest BCUT2D eigenvalue weighted by Crippen LogP contribution is 2.13. The van der Waals surface area contributed by atoms with Gasteiger partial charge in [0.2, 0.25) is 5.91 Å². The van der Waals surface area contributed by atoms with E-state index in [9.17, 15) is 13.6 Å². The van der Waals surface area contributed by atoms with Gasteiger partial charge in [0.1, 0.15) is 0 Å².